The summed E-state index contributed by atoms with van der Waals surface area (Å²) in [7, 11) is 1.52. The maximum absolute atomic E-state index is 12.5. The van der Waals surface area contributed by atoms with Crippen molar-refractivity contribution < 1.29 is 32.2 Å². The molecule has 0 fully saturated rings. The van der Waals surface area contributed by atoms with E-state index in [1.807, 2.05) is 12.1 Å². The highest BCUT2D eigenvalue weighted by Gasteiger charge is 2.31. The zero-order valence-electron chi connectivity index (χ0n) is 17.3. The van der Waals surface area contributed by atoms with Crippen LogP contribution >= 0.6 is 0 Å². The minimum Gasteiger partial charge on any atom is -0.493 e. The van der Waals surface area contributed by atoms with Crippen LogP contribution in [-0.4, -0.2) is 24.4 Å². The Morgan fingerprint density at radius 3 is 2.34 bits per heavy atom. The van der Waals surface area contributed by atoms with Crippen molar-refractivity contribution in [3.8, 4) is 17.2 Å². The molecule has 1 N–H and O–H groups in total. The van der Waals surface area contributed by atoms with E-state index in [2.05, 4.69) is 15.0 Å². The Kier molecular flexibility index (Phi) is 7.19. The number of aromatic nitrogens is 1. The van der Waals surface area contributed by atoms with Crippen LogP contribution < -0.4 is 19.5 Å². The maximum Gasteiger partial charge on any atom is 0.573 e. The molecule has 9 heteroatoms. The molecule has 0 bridgehead atoms. The molecule has 0 aliphatic carbocycles. The number of rotatable bonds is 8. The highest BCUT2D eigenvalue weighted by Crippen LogP contribution is 2.31. The largest absolute Gasteiger partial charge is 0.573 e. The normalized spacial score (nSPS) is 12.0. The topological polar surface area (TPSA) is 69.7 Å². The van der Waals surface area contributed by atoms with Crippen molar-refractivity contribution in [3.63, 3.8) is 0 Å². The molecular weight excluding hydrogens is 425 g/mol. The molecular formula is C23H21F3N2O4. The molecule has 0 saturated carbocycles. The highest BCUT2D eigenvalue weighted by atomic mass is 19.4. The molecule has 32 heavy (non-hydrogen) atoms. The third kappa shape index (κ3) is 6.37. The smallest absolute Gasteiger partial charge is 0.493 e. The molecule has 1 heterocycles. The predicted octanol–water partition coefficient (Wildman–Crippen LogP) is 5.06. The van der Waals surface area contributed by atoms with Crippen molar-refractivity contribution in [1.82, 2.24) is 10.3 Å². The molecule has 0 unspecified atom stereocenters. The summed E-state index contributed by atoms with van der Waals surface area (Å²) in [5, 5.41) is 2.80. The van der Waals surface area contributed by atoms with Crippen LogP contribution in [0.25, 0.3) is 0 Å². The number of halogens is 3. The fourth-order valence-electron chi connectivity index (χ4n) is 2.88. The van der Waals surface area contributed by atoms with Crippen LogP contribution in [0.5, 0.6) is 17.2 Å². The van der Waals surface area contributed by atoms with E-state index in [4.69, 9.17) is 9.47 Å². The number of amides is 1. The van der Waals surface area contributed by atoms with Crippen LogP contribution in [-0.2, 0) is 6.61 Å². The lowest BCUT2D eigenvalue weighted by Gasteiger charge is -2.17. The molecule has 3 rings (SSSR count). The fourth-order valence-corrected chi connectivity index (χ4v) is 2.88. The third-order valence-electron chi connectivity index (χ3n) is 4.53. The van der Waals surface area contributed by atoms with E-state index in [0.29, 0.717) is 18.1 Å². The van der Waals surface area contributed by atoms with Gasteiger partial charge in [0.1, 0.15) is 12.4 Å². The first-order chi connectivity index (χ1) is 15.2. The van der Waals surface area contributed by atoms with Gasteiger partial charge >= 0.3 is 6.36 Å². The Labute approximate surface area is 183 Å². The van der Waals surface area contributed by atoms with Crippen molar-refractivity contribution in [3.05, 3.63) is 83.7 Å². The van der Waals surface area contributed by atoms with Gasteiger partial charge in [-0.3, -0.25) is 9.78 Å². The van der Waals surface area contributed by atoms with Crippen LogP contribution in [0.3, 0.4) is 0 Å². The van der Waals surface area contributed by atoms with E-state index < -0.39 is 24.1 Å². The van der Waals surface area contributed by atoms with E-state index in [0.717, 1.165) is 23.3 Å². The van der Waals surface area contributed by atoms with Gasteiger partial charge in [0.2, 0.25) is 0 Å². The van der Waals surface area contributed by atoms with Crippen molar-refractivity contribution in [2.45, 2.75) is 25.9 Å². The van der Waals surface area contributed by atoms with Gasteiger partial charge < -0.3 is 19.5 Å². The van der Waals surface area contributed by atoms with Crippen molar-refractivity contribution in [2.24, 2.45) is 0 Å². The Balaban J connectivity index is 1.64. The van der Waals surface area contributed by atoms with Crippen molar-refractivity contribution in [1.29, 1.82) is 0 Å². The number of nitrogens with zero attached hydrogens (tertiary/aromatic N) is 1. The first-order valence-electron chi connectivity index (χ1n) is 9.61. The van der Waals surface area contributed by atoms with Gasteiger partial charge in [-0.25, -0.2) is 0 Å². The molecule has 0 saturated heterocycles. The number of carbonyl (C=O) groups is 1. The average Bonchev–Trinajstić information content (AvgIpc) is 2.77. The van der Waals surface area contributed by atoms with Crippen LogP contribution in [0, 0.1) is 0 Å². The first-order valence-corrected chi connectivity index (χ1v) is 9.61. The lowest BCUT2D eigenvalue weighted by atomic mass is 10.1. The van der Waals surface area contributed by atoms with Gasteiger partial charge in [-0.05, 0) is 66.6 Å². The molecule has 0 radical (unpaired) electrons. The summed E-state index contributed by atoms with van der Waals surface area (Å²) >= 11 is 0. The Morgan fingerprint density at radius 2 is 1.72 bits per heavy atom. The summed E-state index contributed by atoms with van der Waals surface area (Å²) in [6.45, 7) is 2.13. The van der Waals surface area contributed by atoms with Gasteiger partial charge in [-0.2, -0.15) is 0 Å². The van der Waals surface area contributed by atoms with E-state index in [1.54, 1.807) is 37.5 Å². The Bertz CT molecular complexity index is 1040. The number of pyridine rings is 1. The molecule has 0 spiro atoms. The predicted molar refractivity (Wildman–Crippen MR) is 111 cm³/mol. The lowest BCUT2D eigenvalue weighted by Crippen LogP contribution is -2.26. The van der Waals surface area contributed by atoms with Gasteiger partial charge in [-0.15, -0.1) is 13.2 Å². The van der Waals surface area contributed by atoms with Gasteiger partial charge in [0, 0.05) is 18.0 Å². The van der Waals surface area contributed by atoms with E-state index in [9.17, 15) is 18.0 Å². The quantitative estimate of drug-likeness (QED) is 0.524. The highest BCUT2D eigenvalue weighted by molar-refractivity contribution is 5.94. The molecule has 1 amide bonds. The number of alkyl halides is 3. The van der Waals surface area contributed by atoms with Crippen molar-refractivity contribution >= 4 is 5.91 Å². The number of hydrogen-bond donors (Lipinski definition) is 1. The van der Waals surface area contributed by atoms with Gasteiger partial charge in [0.05, 0.1) is 13.2 Å². The maximum atomic E-state index is 12.5. The molecule has 0 aliphatic heterocycles. The zero-order valence-corrected chi connectivity index (χ0v) is 17.3. The number of nitrogens with one attached hydrogen (secondary N) is 1. The molecule has 1 aromatic heterocycles. The minimum atomic E-state index is -4.79. The van der Waals surface area contributed by atoms with Crippen molar-refractivity contribution in [2.75, 3.05) is 7.11 Å². The fraction of sp³-hybridized carbons (Fsp3) is 0.217. The third-order valence-corrected chi connectivity index (χ3v) is 4.53. The summed E-state index contributed by atoms with van der Waals surface area (Å²) in [6.07, 6.45) is -1.42. The SMILES string of the molecule is COc1cc([C@H](C)NC(=O)c2ccc(OC(F)(F)F)cc2)ccc1OCc1ccncc1. The summed E-state index contributed by atoms with van der Waals surface area (Å²) in [5.74, 6) is 0.223. The van der Waals surface area contributed by atoms with Gasteiger partial charge in [-0.1, -0.05) is 6.07 Å². The summed E-state index contributed by atoms with van der Waals surface area (Å²) in [5.41, 5.74) is 1.93. The molecule has 6 nitrogen and oxygen atoms in total. The van der Waals surface area contributed by atoms with Crippen LogP contribution in [0.2, 0.25) is 0 Å². The monoisotopic (exact) mass is 446 g/mol. The van der Waals surface area contributed by atoms with Crippen LogP contribution in [0.15, 0.2) is 67.0 Å². The van der Waals surface area contributed by atoms with E-state index in [1.165, 1.54) is 19.2 Å². The number of carbonyl (C=O) groups excluding carboxylic acids is 1. The molecule has 0 aliphatic rings. The summed E-state index contributed by atoms with van der Waals surface area (Å²) in [6, 6.07) is 13.3. The van der Waals surface area contributed by atoms with Gasteiger partial charge in [0.15, 0.2) is 11.5 Å². The first kappa shape index (κ1) is 22.9. The standard InChI is InChI=1S/C23H21F3N2O4/c1-15(28-22(29)17-3-6-19(7-4-17)32-23(24,25)26)18-5-8-20(21(13-18)30-2)31-14-16-9-11-27-12-10-16/h3-13,15H,14H2,1-2H3,(H,28,29)/t15-/m0/s1. The second kappa shape index (κ2) is 10.0. The lowest BCUT2D eigenvalue weighted by molar-refractivity contribution is -0.274. The molecule has 3 aromatic rings. The second-order valence-electron chi connectivity index (χ2n) is 6.82. The molecule has 2 aromatic carbocycles. The Morgan fingerprint density at radius 1 is 1.03 bits per heavy atom. The minimum absolute atomic E-state index is 0.204. The zero-order chi connectivity index (χ0) is 23.1. The molecule has 168 valence electrons. The van der Waals surface area contributed by atoms with E-state index >= 15 is 0 Å². The van der Waals surface area contributed by atoms with Crippen LogP contribution in [0.1, 0.15) is 34.5 Å². The van der Waals surface area contributed by atoms with Gasteiger partial charge in [0.25, 0.3) is 5.91 Å². The number of ether oxygens (including phenoxy) is 3. The number of benzene rings is 2. The van der Waals surface area contributed by atoms with Crippen LogP contribution in [0.4, 0.5) is 13.2 Å². The molecule has 1 atom stereocenters. The van der Waals surface area contributed by atoms with E-state index in [-0.39, 0.29) is 5.56 Å². The second-order valence-corrected chi connectivity index (χ2v) is 6.82. The Hall–Kier alpha value is -3.75. The number of hydrogen-bond acceptors (Lipinski definition) is 5. The number of methoxy groups -OCH3 is 1. The summed E-state index contributed by atoms with van der Waals surface area (Å²) < 4.78 is 51.8. The average molecular weight is 446 g/mol. The summed E-state index contributed by atoms with van der Waals surface area (Å²) in [4.78, 5) is 16.4.